The number of nitrogens with zero attached hydrogens (tertiary/aromatic N) is 17. The third-order valence-electron chi connectivity index (χ3n) is 19.0. The number of carbonyl (C=O) groups excluding carboxylic acids is 3. The van der Waals surface area contributed by atoms with E-state index in [-0.39, 0.29) is 83.9 Å². The molecule has 0 spiro atoms. The van der Waals surface area contributed by atoms with Crippen LogP contribution in [0.3, 0.4) is 0 Å². The molecular weight excluding hydrogens is 2110 g/mol. The van der Waals surface area contributed by atoms with Gasteiger partial charge in [0.25, 0.3) is 11.8 Å². The van der Waals surface area contributed by atoms with Crippen LogP contribution in [0.5, 0.6) is 0 Å². The van der Waals surface area contributed by atoms with E-state index in [9.17, 15) is 56.5 Å². The van der Waals surface area contributed by atoms with Gasteiger partial charge >= 0.3 is 24.8 Å². The zero-order valence-electron chi connectivity index (χ0n) is 73.6. The van der Waals surface area contributed by atoms with Crippen molar-refractivity contribution >= 4 is 231 Å². The minimum Gasteiger partial charge on any atom is -0.0774 e. The zero-order chi connectivity index (χ0) is 98.7. The molecule has 12 aromatic heterocycles. The summed E-state index contributed by atoms with van der Waals surface area (Å²) in [4.78, 5) is 69.9. The Bertz CT molecular complexity index is 6920. The summed E-state index contributed by atoms with van der Waals surface area (Å²) < 4.78 is 126. The number of amides is 2. The second kappa shape index (κ2) is 52.5. The van der Waals surface area contributed by atoms with Crippen LogP contribution in [-0.2, 0) is 73.6 Å². The molecule has 2 amide bonds. The molecule has 12 aromatic rings. The molecule has 725 valence electrons. The number of alkyl halides is 3. The number of nitrogen functional groups attached to an aromatic ring is 4. The number of aromatic amines is 1. The molecule has 0 bridgehead atoms. The first kappa shape index (κ1) is 114. The van der Waals surface area contributed by atoms with Gasteiger partial charge in [-0.1, -0.05) is 41.9 Å². The molecule has 0 saturated heterocycles. The van der Waals surface area contributed by atoms with Crippen LogP contribution in [0.1, 0.15) is 119 Å². The van der Waals surface area contributed by atoms with E-state index in [1.165, 1.54) is 81.5 Å². The monoisotopic (exact) mass is 2200 g/mol. The van der Waals surface area contributed by atoms with Gasteiger partial charge in [0, 0.05) is 127 Å². The predicted octanol–water partition coefficient (Wildman–Crippen LogP) is 10.4. The number of Topliss-reactive ketones (excluding diaryl/α,β-unsaturated/α-hetero) is 1. The SMILES string of the molecule is CC#N.CS(=O)(=O)C1=CC(C2CC2)=CN2CC(CCl)=NC12.CS(=O)(=O)c1cc(Br)cnc1N.CS(=O)(=O)c1cc(C2CC2)cn2cc(Cn3cc(C(=O)NCc4ncn5ccc(Cl)cc45)cn3)nc12.CS(=O)(=O)c1cc(C2CC2)cnc1N.CS(=O)(=O)c1cccnc1N.Nc1ncccc1Br.O.O.O=C(CCl)CCl.O=C(NCc1ncn2ccc(Cl)cc12)c1cn[nH]c1.[B]=NS.[B]C1CC1. The first-order chi connectivity index (χ1) is 63.2. The number of ketones is 1. The van der Waals surface area contributed by atoms with Gasteiger partial charge in [0.2, 0.25) is 0 Å². The normalized spacial score (nSPS) is 14.4. The molecule has 39 nitrogen and oxygen atoms in total. The van der Waals surface area contributed by atoms with Crippen molar-refractivity contribution in [1.29, 1.82) is 5.26 Å². The van der Waals surface area contributed by atoms with Crippen LogP contribution in [0.15, 0.2) is 214 Å². The number of nitrogens with two attached hydrogens (primary N) is 4. The first-order valence-corrected chi connectivity index (χ1v) is 53.6. The first-order valence-electron chi connectivity index (χ1n) is 39.8. The molecule has 15 N–H and O–H groups in total. The second-order valence-electron chi connectivity index (χ2n) is 30.2. The summed E-state index contributed by atoms with van der Waals surface area (Å²) in [7, 11) is -6.85. The number of anilines is 4. The van der Waals surface area contributed by atoms with Crippen molar-refractivity contribution in [3.05, 3.63) is 235 Å². The van der Waals surface area contributed by atoms with Crippen LogP contribution >= 0.6 is 103 Å². The quantitative estimate of drug-likeness (QED) is 0.0212. The van der Waals surface area contributed by atoms with Gasteiger partial charge in [-0.05, 0) is 178 Å². The fourth-order valence-electron chi connectivity index (χ4n) is 11.9. The largest absolute Gasteiger partial charge is 0.0774 e. The number of H-pyrrole nitrogens is 1. The Morgan fingerprint density at radius 1 is 0.610 bits per heavy atom. The summed E-state index contributed by atoms with van der Waals surface area (Å²) in [5.41, 5.74) is 30.6. The van der Waals surface area contributed by atoms with E-state index < -0.39 is 55.4 Å². The Labute approximate surface area is 835 Å². The summed E-state index contributed by atoms with van der Waals surface area (Å²) in [5.74, 6) is 2.53. The maximum atomic E-state index is 12.7. The Hall–Kier alpha value is -10.3. The van der Waals surface area contributed by atoms with Crippen LogP contribution in [-0.4, -0.2) is 226 Å². The molecule has 4 aliphatic carbocycles. The number of carbonyl (C=O) groups is 3. The van der Waals surface area contributed by atoms with Crippen LogP contribution < -0.4 is 33.6 Å². The topological polar surface area (TPSA) is 615 Å². The number of hydrogen-bond acceptors (Lipinski definition) is 31. The smallest absolute Gasteiger partial charge is 0.0699 e. The molecule has 0 aromatic carbocycles. The van der Waals surface area contributed by atoms with E-state index in [1.54, 1.807) is 76.7 Å². The molecule has 4 fully saturated rings. The second-order valence-corrected chi connectivity index (χ2v) is 43.8. The van der Waals surface area contributed by atoms with Crippen molar-refractivity contribution in [2.75, 3.05) is 78.4 Å². The van der Waals surface area contributed by atoms with Gasteiger partial charge in [-0.15, -0.1) is 34.8 Å². The number of hydrogen-bond donors (Lipinski definition) is 8. The number of aliphatic imine (C=N–C) groups is 1. The molecule has 4 saturated carbocycles. The van der Waals surface area contributed by atoms with Crippen LogP contribution in [0.2, 0.25) is 15.9 Å². The van der Waals surface area contributed by atoms with Gasteiger partial charge in [0.15, 0.2) is 66.8 Å². The fourth-order valence-corrected chi connectivity index (χ4v) is 17.4. The maximum absolute atomic E-state index is 12.7. The van der Waals surface area contributed by atoms with Crippen LogP contribution in [0, 0.1) is 17.2 Å². The predicted molar refractivity (Wildman–Crippen MR) is 537 cm³/mol. The molecule has 6 aliphatic rings. The molecule has 3 radical (unpaired) electrons. The zero-order valence-corrected chi connectivity index (χ0v) is 85.5. The average molecular weight is 2210 g/mol. The molecule has 136 heavy (non-hydrogen) atoms. The Morgan fingerprint density at radius 2 is 1.10 bits per heavy atom. The van der Waals surface area contributed by atoms with Gasteiger partial charge in [-0.3, -0.25) is 29.2 Å². The molecule has 18 rings (SSSR count). The summed E-state index contributed by atoms with van der Waals surface area (Å²) in [6.07, 6.45) is 41.6. The standard InChI is InChI=1S/C24H22ClN7O3S.C12H10ClN5O.C12H15ClN2O2S.C9H12N2O2S.C6H7BrN2O2S.C6H8N2O2S.C5H5BrN2.C3H5B.C3H4Cl2O.C2H3N.BHNS.2H2O/c1-36(34,35)22-6-16(15-2-3-15)10-31-12-19(29-23(22)31)13-32-11-17(8-28-32)24(33)26-9-20-21-7-18(25)4-5-30(21)14-27-20;13-9-1-2-18-7-15-10(11(18)3-9)6-14-12(19)8-4-16-17-5-8;1-18(16,17)11-4-9(8-2-3-8)6-15-7-10(5-13)14-12(11)15;1-14(12,13)8-4-7(6-2-3-6)5-11-9(8)10;1-12(10,11)5-2-4(7)3-9-6(5)8;1-11(9,10)5-3-2-4-8-6(5)7;6-4-2-1-3-8-5(4)7;4-3-1-2-3;4-1-3(6)2-5;2*1-2-3;;/h4-8,10-12,14-15H,2-3,9,13H2,1H3,(H,26,33);1-5,7H,6H2,(H,14,19)(H,16,17);4,6,8,12H,2-3,5,7H2,1H3;4-6H,2-3H2,1H3,(H2,10,11);2-3H,1H3,(H2,8,9);2-4H,1H3,(H2,7,8);1-3H,(H2,7,8);3H,1-2H2;1-2H2;1H3;3H;2*1H2. The van der Waals surface area contributed by atoms with E-state index in [0.29, 0.717) is 102 Å². The molecule has 2 aliphatic heterocycles. The van der Waals surface area contributed by atoms with E-state index in [1.807, 2.05) is 62.8 Å². The van der Waals surface area contributed by atoms with Crippen molar-refractivity contribution in [3.8, 4) is 6.07 Å². The number of sulfone groups is 5. The molecule has 1 atom stereocenters. The molecule has 1 unspecified atom stereocenters. The van der Waals surface area contributed by atoms with Crippen LogP contribution in [0.25, 0.3) is 16.7 Å². The van der Waals surface area contributed by atoms with Gasteiger partial charge in [0.05, 0.1) is 131 Å². The van der Waals surface area contributed by atoms with E-state index in [0.717, 1.165) is 101 Å². The Balaban J connectivity index is 0.000000247. The third-order valence-corrected chi connectivity index (χ3v) is 27.2. The van der Waals surface area contributed by atoms with Crippen molar-refractivity contribution in [2.24, 2.45) is 15.2 Å². The Kier molecular flexibility index (Phi) is 44.1. The number of nitrogens with one attached hydrogen (secondary N) is 3. The van der Waals surface area contributed by atoms with Gasteiger partial charge in [-0.2, -0.15) is 15.5 Å². The number of allylic oxidation sites excluding steroid dienone is 2. The minimum absolute atomic E-state index is 0. The number of nitriles is 1. The third kappa shape index (κ3) is 35.9. The number of fused-ring (bicyclic) bond motifs is 4. The summed E-state index contributed by atoms with van der Waals surface area (Å²) >= 11 is 37.4. The van der Waals surface area contributed by atoms with Crippen LogP contribution in [0.4, 0.5) is 23.3 Å². The summed E-state index contributed by atoms with van der Waals surface area (Å²) in [5, 5.41) is 24.8. The van der Waals surface area contributed by atoms with Gasteiger partial charge in [-0.25, -0.2) is 77.0 Å². The maximum Gasteiger partial charge on any atom is 0.0699 e. The van der Waals surface area contributed by atoms with Crippen molar-refractivity contribution < 1.29 is 67.4 Å². The molecule has 54 heteroatoms. The van der Waals surface area contributed by atoms with E-state index in [2.05, 4.69) is 129 Å². The van der Waals surface area contributed by atoms with Crippen molar-refractivity contribution in [3.63, 3.8) is 0 Å². The number of halogens is 7. The van der Waals surface area contributed by atoms with Gasteiger partial charge < -0.3 is 62.6 Å². The summed E-state index contributed by atoms with van der Waals surface area (Å²) in [6, 6.07) is 20.4. The number of thiol groups is 1. The average Bonchev–Trinajstić information content (AvgIpc) is 1.61. The number of aromatic nitrogens is 14. The van der Waals surface area contributed by atoms with E-state index >= 15 is 0 Å². The van der Waals surface area contributed by atoms with Crippen molar-refractivity contribution in [1.82, 2.24) is 83.6 Å². The summed E-state index contributed by atoms with van der Waals surface area (Å²) in [6.45, 7) is 2.93. The fraction of sp³-hybridized carbons (Fsp3) is 0.317. The molecular formula is C82H96B2Br2Cl5N24O15S6. The van der Waals surface area contributed by atoms with E-state index in [4.69, 9.17) is 94.0 Å². The number of pyridine rings is 7. The van der Waals surface area contributed by atoms with Gasteiger partial charge in [0.1, 0.15) is 42.9 Å². The minimum atomic E-state index is -3.44. The number of rotatable bonds is 19. The number of imidazole rings is 3. The molecule has 14 heterocycles. The Morgan fingerprint density at radius 3 is 1.53 bits per heavy atom. The van der Waals surface area contributed by atoms with Crippen molar-refractivity contribution in [2.45, 2.75) is 121 Å².